The average Bonchev–Trinajstić information content (AvgIpc) is 2.69. The molecule has 0 saturated carbocycles. The topological polar surface area (TPSA) is 41.6 Å². The molecule has 1 fully saturated rings. The molecule has 1 amide bonds. The molecule has 0 aromatic heterocycles. The molecule has 0 radical (unpaired) electrons. The number of hydrogen-bond acceptors (Lipinski definition) is 3. The van der Waals surface area contributed by atoms with E-state index in [0.29, 0.717) is 0 Å². The van der Waals surface area contributed by atoms with Gasteiger partial charge >= 0.3 is 0 Å². The van der Waals surface area contributed by atoms with Crippen molar-refractivity contribution in [2.75, 3.05) is 13.1 Å². The fraction of sp³-hybridized carbons (Fsp3) is 0.500. The highest BCUT2D eigenvalue weighted by Gasteiger charge is 2.36. The van der Waals surface area contributed by atoms with Crippen LogP contribution in [0.5, 0.6) is 5.75 Å². The molecule has 2 aromatic rings. The van der Waals surface area contributed by atoms with Crippen molar-refractivity contribution in [3.63, 3.8) is 0 Å². The van der Waals surface area contributed by atoms with Crippen molar-refractivity contribution >= 4 is 5.91 Å². The van der Waals surface area contributed by atoms with E-state index in [4.69, 9.17) is 4.74 Å². The number of ether oxygens (including phenoxy) is 1. The number of amides is 1. The Kier molecular flexibility index (Phi) is 5.88. The van der Waals surface area contributed by atoms with E-state index in [-0.39, 0.29) is 23.5 Å². The van der Waals surface area contributed by atoms with E-state index in [2.05, 4.69) is 80.4 Å². The SMILES string of the molecule is Cc1ccc2c(c1)OC(C)(C)CC2NC(=O)C1CCN(Cc2ccccc2C)CC1. The summed E-state index contributed by atoms with van der Waals surface area (Å²) in [5, 5.41) is 3.36. The Bertz CT molecular complexity index is 913. The van der Waals surface area contributed by atoms with Gasteiger partial charge in [-0.05, 0) is 76.4 Å². The molecule has 0 aliphatic carbocycles. The van der Waals surface area contributed by atoms with Gasteiger partial charge in [0.25, 0.3) is 0 Å². The zero-order valence-corrected chi connectivity index (χ0v) is 18.7. The largest absolute Gasteiger partial charge is 0.487 e. The molecule has 4 nitrogen and oxygen atoms in total. The van der Waals surface area contributed by atoms with Gasteiger partial charge in [-0.3, -0.25) is 9.69 Å². The molecular weight excluding hydrogens is 372 g/mol. The summed E-state index contributed by atoms with van der Waals surface area (Å²) in [7, 11) is 0. The number of fused-ring (bicyclic) bond motifs is 1. The van der Waals surface area contributed by atoms with Gasteiger partial charge in [0.2, 0.25) is 5.91 Å². The molecule has 0 spiro atoms. The molecule has 1 saturated heterocycles. The average molecular weight is 407 g/mol. The third-order valence-electron chi connectivity index (χ3n) is 6.56. The number of hydrogen-bond donors (Lipinski definition) is 1. The summed E-state index contributed by atoms with van der Waals surface area (Å²) in [4.78, 5) is 15.6. The first kappa shape index (κ1) is 20.9. The van der Waals surface area contributed by atoms with Crippen LogP contribution in [-0.4, -0.2) is 29.5 Å². The van der Waals surface area contributed by atoms with Crippen molar-refractivity contribution in [2.45, 2.75) is 65.1 Å². The van der Waals surface area contributed by atoms with Crippen LogP contribution in [0.4, 0.5) is 0 Å². The lowest BCUT2D eigenvalue weighted by Gasteiger charge is -2.39. The van der Waals surface area contributed by atoms with Crippen LogP contribution in [0.25, 0.3) is 0 Å². The first-order chi connectivity index (χ1) is 14.3. The van der Waals surface area contributed by atoms with E-state index < -0.39 is 0 Å². The van der Waals surface area contributed by atoms with Gasteiger partial charge in [-0.1, -0.05) is 36.4 Å². The number of piperidine rings is 1. The van der Waals surface area contributed by atoms with E-state index in [0.717, 1.165) is 50.2 Å². The minimum absolute atomic E-state index is 0.0156. The van der Waals surface area contributed by atoms with Crippen LogP contribution < -0.4 is 10.1 Å². The fourth-order valence-electron chi connectivity index (χ4n) is 4.76. The van der Waals surface area contributed by atoms with Crippen molar-refractivity contribution in [1.29, 1.82) is 0 Å². The fourth-order valence-corrected chi connectivity index (χ4v) is 4.76. The van der Waals surface area contributed by atoms with Gasteiger partial charge in [0.1, 0.15) is 11.4 Å². The number of nitrogens with one attached hydrogen (secondary N) is 1. The third kappa shape index (κ3) is 4.70. The van der Waals surface area contributed by atoms with Crippen molar-refractivity contribution in [3.8, 4) is 5.75 Å². The van der Waals surface area contributed by atoms with Crippen LogP contribution >= 0.6 is 0 Å². The standard InChI is InChI=1S/C26H34N2O2/c1-18-9-10-22-23(16-26(3,4)30-24(22)15-18)27-25(29)20-11-13-28(14-12-20)17-21-8-6-5-7-19(21)2/h5-10,15,20,23H,11-14,16-17H2,1-4H3,(H,27,29). The zero-order chi connectivity index (χ0) is 21.3. The molecule has 4 rings (SSSR count). The quantitative estimate of drug-likeness (QED) is 0.782. The molecule has 30 heavy (non-hydrogen) atoms. The summed E-state index contributed by atoms with van der Waals surface area (Å²) >= 11 is 0. The maximum Gasteiger partial charge on any atom is 0.223 e. The molecule has 0 bridgehead atoms. The van der Waals surface area contributed by atoms with Crippen molar-refractivity contribution in [2.24, 2.45) is 5.92 Å². The van der Waals surface area contributed by atoms with Gasteiger partial charge in [0.05, 0.1) is 6.04 Å². The Balaban J connectivity index is 1.37. The third-order valence-corrected chi connectivity index (χ3v) is 6.56. The number of rotatable bonds is 4. The van der Waals surface area contributed by atoms with Crippen LogP contribution in [0.2, 0.25) is 0 Å². The Labute approximate surface area is 180 Å². The minimum Gasteiger partial charge on any atom is -0.487 e. The van der Waals surface area contributed by atoms with Gasteiger partial charge in [-0.15, -0.1) is 0 Å². The minimum atomic E-state index is -0.282. The molecule has 2 aliphatic heterocycles. The summed E-state index contributed by atoms with van der Waals surface area (Å²) in [6.07, 6.45) is 2.64. The molecule has 4 heteroatoms. The Morgan fingerprint density at radius 3 is 2.60 bits per heavy atom. The van der Waals surface area contributed by atoms with Crippen molar-refractivity contribution < 1.29 is 9.53 Å². The van der Waals surface area contributed by atoms with E-state index in [9.17, 15) is 4.79 Å². The Morgan fingerprint density at radius 2 is 1.87 bits per heavy atom. The monoisotopic (exact) mass is 406 g/mol. The predicted octanol–water partition coefficient (Wildman–Crippen LogP) is 4.93. The highest BCUT2D eigenvalue weighted by atomic mass is 16.5. The summed E-state index contributed by atoms with van der Waals surface area (Å²) in [5.74, 6) is 1.20. The van der Waals surface area contributed by atoms with Crippen LogP contribution in [0, 0.1) is 19.8 Å². The van der Waals surface area contributed by atoms with E-state index in [1.165, 1.54) is 16.7 Å². The van der Waals surface area contributed by atoms with Gasteiger partial charge in [-0.25, -0.2) is 0 Å². The van der Waals surface area contributed by atoms with E-state index >= 15 is 0 Å². The lowest BCUT2D eigenvalue weighted by Crippen LogP contribution is -2.45. The summed E-state index contributed by atoms with van der Waals surface area (Å²) in [5.41, 5.74) is 4.73. The lowest BCUT2D eigenvalue weighted by atomic mass is 9.88. The second-order valence-electron chi connectivity index (χ2n) is 9.65. The van der Waals surface area contributed by atoms with Crippen LogP contribution in [0.3, 0.4) is 0 Å². The maximum absolute atomic E-state index is 13.1. The molecular formula is C26H34N2O2. The van der Waals surface area contributed by atoms with Crippen LogP contribution in [0.15, 0.2) is 42.5 Å². The second kappa shape index (κ2) is 8.43. The number of aryl methyl sites for hydroxylation is 2. The molecule has 1 atom stereocenters. The molecule has 1 unspecified atom stereocenters. The van der Waals surface area contributed by atoms with Crippen molar-refractivity contribution in [1.82, 2.24) is 10.2 Å². The lowest BCUT2D eigenvalue weighted by molar-refractivity contribution is -0.127. The Hall–Kier alpha value is -2.33. The number of nitrogens with zero attached hydrogens (tertiary/aromatic N) is 1. The summed E-state index contributed by atoms with van der Waals surface area (Å²) < 4.78 is 6.18. The van der Waals surface area contributed by atoms with Gasteiger partial charge in [0.15, 0.2) is 0 Å². The normalized spacial score (nSPS) is 21.5. The first-order valence-corrected chi connectivity index (χ1v) is 11.2. The molecule has 2 heterocycles. The highest BCUT2D eigenvalue weighted by molar-refractivity contribution is 5.79. The smallest absolute Gasteiger partial charge is 0.223 e. The highest BCUT2D eigenvalue weighted by Crippen LogP contribution is 2.40. The first-order valence-electron chi connectivity index (χ1n) is 11.2. The molecule has 2 aromatic carbocycles. The Morgan fingerprint density at radius 1 is 1.13 bits per heavy atom. The van der Waals surface area contributed by atoms with E-state index in [1.807, 2.05) is 0 Å². The number of carbonyl (C=O) groups excluding carboxylic acids is 1. The number of benzene rings is 2. The van der Waals surface area contributed by atoms with Crippen LogP contribution in [0.1, 0.15) is 61.4 Å². The van der Waals surface area contributed by atoms with Gasteiger partial charge in [0, 0.05) is 24.4 Å². The molecule has 160 valence electrons. The number of carbonyl (C=O) groups is 1. The van der Waals surface area contributed by atoms with Crippen LogP contribution in [-0.2, 0) is 11.3 Å². The van der Waals surface area contributed by atoms with Gasteiger partial charge in [-0.2, -0.15) is 0 Å². The summed E-state index contributed by atoms with van der Waals surface area (Å²) in [6, 6.07) is 14.9. The van der Waals surface area contributed by atoms with Crippen molar-refractivity contribution in [3.05, 3.63) is 64.7 Å². The molecule has 2 aliphatic rings. The second-order valence-corrected chi connectivity index (χ2v) is 9.65. The predicted molar refractivity (Wildman–Crippen MR) is 121 cm³/mol. The zero-order valence-electron chi connectivity index (χ0n) is 18.7. The maximum atomic E-state index is 13.1. The molecule has 1 N–H and O–H groups in total. The van der Waals surface area contributed by atoms with E-state index in [1.54, 1.807) is 0 Å². The number of likely N-dealkylation sites (tertiary alicyclic amines) is 1. The summed E-state index contributed by atoms with van der Waals surface area (Å²) in [6.45, 7) is 11.4. The van der Waals surface area contributed by atoms with Gasteiger partial charge < -0.3 is 10.1 Å².